The Morgan fingerprint density at radius 2 is 2.00 bits per heavy atom. The van der Waals surface area contributed by atoms with Crippen molar-refractivity contribution in [3.05, 3.63) is 29.8 Å². The molecule has 3 N–H and O–H groups in total. The zero-order valence-electron chi connectivity index (χ0n) is 9.41. The van der Waals surface area contributed by atoms with Crippen LogP contribution in [0.1, 0.15) is 30.9 Å². The summed E-state index contributed by atoms with van der Waals surface area (Å²) in [7, 11) is 0. The summed E-state index contributed by atoms with van der Waals surface area (Å²) >= 11 is 0. The van der Waals surface area contributed by atoms with Gasteiger partial charge in [0.25, 0.3) is 0 Å². The van der Waals surface area contributed by atoms with Crippen molar-refractivity contribution in [3.63, 3.8) is 0 Å². The van der Waals surface area contributed by atoms with Crippen molar-refractivity contribution >= 4 is 0 Å². The molecule has 0 aromatic heterocycles. The molecule has 1 aromatic rings. The van der Waals surface area contributed by atoms with E-state index in [1.807, 2.05) is 18.2 Å². The molecule has 3 heteroatoms. The van der Waals surface area contributed by atoms with Gasteiger partial charge in [0.2, 0.25) is 0 Å². The van der Waals surface area contributed by atoms with Gasteiger partial charge in [-0.2, -0.15) is 0 Å². The molecule has 0 amide bonds. The third-order valence-corrected chi connectivity index (χ3v) is 3.75. The van der Waals surface area contributed by atoms with E-state index in [4.69, 9.17) is 10.5 Å². The molecule has 1 fully saturated rings. The normalized spacial score (nSPS) is 27.2. The number of ether oxygens (including phenoxy) is 1. The first-order valence-corrected chi connectivity index (χ1v) is 6.03. The minimum atomic E-state index is -0.0149. The monoisotopic (exact) mass is 218 g/mol. The van der Waals surface area contributed by atoms with E-state index in [0.29, 0.717) is 0 Å². The van der Waals surface area contributed by atoms with Gasteiger partial charge in [0.1, 0.15) is 11.4 Å². The zero-order valence-corrected chi connectivity index (χ0v) is 9.41. The number of hydrogen-bond acceptors (Lipinski definition) is 3. The molecule has 0 aliphatic carbocycles. The average Bonchev–Trinajstić information content (AvgIpc) is 2.30. The number of nitrogens with one attached hydrogen (secondary N) is 1. The molecule has 0 bridgehead atoms. The minimum Gasteiger partial charge on any atom is -0.487 e. The van der Waals surface area contributed by atoms with Crippen LogP contribution in [0.2, 0.25) is 0 Å². The maximum Gasteiger partial charge on any atom is 0.124 e. The predicted octanol–water partition coefficient (Wildman–Crippen LogP) is 1.59. The Bertz CT molecular complexity index is 385. The third-order valence-electron chi connectivity index (χ3n) is 3.75. The lowest BCUT2D eigenvalue weighted by Crippen LogP contribution is -2.50. The second-order valence-corrected chi connectivity index (χ2v) is 4.88. The molecule has 0 unspecified atom stereocenters. The number of nitrogens with two attached hydrogens (primary N) is 1. The van der Waals surface area contributed by atoms with E-state index in [2.05, 4.69) is 11.4 Å². The Hall–Kier alpha value is -1.06. The van der Waals surface area contributed by atoms with Gasteiger partial charge >= 0.3 is 0 Å². The van der Waals surface area contributed by atoms with Crippen molar-refractivity contribution in [2.24, 2.45) is 5.73 Å². The van der Waals surface area contributed by atoms with E-state index in [1.165, 1.54) is 0 Å². The van der Waals surface area contributed by atoms with Crippen LogP contribution < -0.4 is 15.8 Å². The van der Waals surface area contributed by atoms with Crippen molar-refractivity contribution in [1.29, 1.82) is 0 Å². The minimum absolute atomic E-state index is 0.0149. The Kier molecular flexibility index (Phi) is 2.37. The molecule has 1 saturated heterocycles. The lowest BCUT2D eigenvalue weighted by Gasteiger charge is -2.43. The van der Waals surface area contributed by atoms with E-state index in [-0.39, 0.29) is 11.6 Å². The van der Waals surface area contributed by atoms with E-state index in [1.54, 1.807) is 0 Å². The van der Waals surface area contributed by atoms with Crippen LogP contribution in [0.15, 0.2) is 24.3 Å². The lowest BCUT2D eigenvalue weighted by molar-refractivity contribution is 0.00793. The second-order valence-electron chi connectivity index (χ2n) is 4.88. The van der Waals surface area contributed by atoms with Crippen LogP contribution in [0.3, 0.4) is 0 Å². The van der Waals surface area contributed by atoms with Crippen LogP contribution in [0.25, 0.3) is 0 Å². The highest BCUT2D eigenvalue weighted by molar-refractivity contribution is 5.38. The highest BCUT2D eigenvalue weighted by Crippen LogP contribution is 2.42. The quantitative estimate of drug-likeness (QED) is 0.695. The SMILES string of the molecule is N[C@H]1CC2(CCNCC2)Oc2ccccc21. The summed E-state index contributed by atoms with van der Waals surface area (Å²) in [6, 6.07) is 8.29. The third kappa shape index (κ3) is 1.60. The Labute approximate surface area is 96.0 Å². The summed E-state index contributed by atoms with van der Waals surface area (Å²) in [4.78, 5) is 0. The number of fused-ring (bicyclic) bond motifs is 1. The van der Waals surface area contributed by atoms with Crippen LogP contribution in [-0.2, 0) is 0 Å². The van der Waals surface area contributed by atoms with Crippen molar-refractivity contribution in [2.75, 3.05) is 13.1 Å². The van der Waals surface area contributed by atoms with Gasteiger partial charge in [0.15, 0.2) is 0 Å². The molecule has 1 atom stereocenters. The molecule has 1 spiro atoms. The van der Waals surface area contributed by atoms with Gasteiger partial charge in [-0.25, -0.2) is 0 Å². The first-order chi connectivity index (χ1) is 7.79. The summed E-state index contributed by atoms with van der Waals surface area (Å²) in [5.74, 6) is 0.989. The largest absolute Gasteiger partial charge is 0.487 e. The predicted molar refractivity (Wildman–Crippen MR) is 63.5 cm³/mol. The molecule has 2 aliphatic heterocycles. The fourth-order valence-electron chi connectivity index (χ4n) is 2.85. The topological polar surface area (TPSA) is 47.3 Å². The van der Waals surface area contributed by atoms with E-state index in [0.717, 1.165) is 43.7 Å². The highest BCUT2D eigenvalue weighted by Gasteiger charge is 2.40. The second kappa shape index (κ2) is 3.75. The van der Waals surface area contributed by atoms with Gasteiger partial charge in [0.05, 0.1) is 0 Å². The van der Waals surface area contributed by atoms with Crippen molar-refractivity contribution < 1.29 is 4.74 Å². The van der Waals surface area contributed by atoms with Gasteiger partial charge in [-0.3, -0.25) is 0 Å². The summed E-state index contributed by atoms with van der Waals surface area (Å²) in [6.07, 6.45) is 3.08. The molecule has 3 nitrogen and oxygen atoms in total. The molecule has 2 aliphatic rings. The van der Waals surface area contributed by atoms with Crippen LogP contribution in [-0.4, -0.2) is 18.7 Å². The smallest absolute Gasteiger partial charge is 0.124 e. The lowest BCUT2D eigenvalue weighted by atomic mass is 9.81. The molecule has 0 saturated carbocycles. The number of benzene rings is 1. The Morgan fingerprint density at radius 1 is 1.25 bits per heavy atom. The number of piperidine rings is 1. The summed E-state index contributed by atoms with van der Waals surface area (Å²) in [5, 5.41) is 3.37. The summed E-state index contributed by atoms with van der Waals surface area (Å²) < 4.78 is 6.21. The van der Waals surface area contributed by atoms with Crippen molar-refractivity contribution in [2.45, 2.75) is 30.9 Å². The molecule has 0 radical (unpaired) electrons. The molecular weight excluding hydrogens is 200 g/mol. The Morgan fingerprint density at radius 3 is 2.81 bits per heavy atom. The van der Waals surface area contributed by atoms with Gasteiger partial charge in [-0.1, -0.05) is 18.2 Å². The molecular formula is C13H18N2O. The van der Waals surface area contributed by atoms with Crippen LogP contribution in [0.4, 0.5) is 0 Å². The van der Waals surface area contributed by atoms with Crippen LogP contribution >= 0.6 is 0 Å². The fourth-order valence-corrected chi connectivity index (χ4v) is 2.85. The fraction of sp³-hybridized carbons (Fsp3) is 0.538. The van der Waals surface area contributed by atoms with E-state index in [9.17, 15) is 0 Å². The van der Waals surface area contributed by atoms with E-state index >= 15 is 0 Å². The van der Waals surface area contributed by atoms with Gasteiger partial charge in [0, 0.05) is 18.0 Å². The number of rotatable bonds is 0. The van der Waals surface area contributed by atoms with Gasteiger partial charge < -0.3 is 15.8 Å². The first kappa shape index (κ1) is 10.1. The molecule has 3 rings (SSSR count). The molecule has 1 aromatic carbocycles. The number of hydrogen-bond donors (Lipinski definition) is 2. The molecule has 86 valence electrons. The van der Waals surface area contributed by atoms with Crippen LogP contribution in [0, 0.1) is 0 Å². The Balaban J connectivity index is 1.93. The summed E-state index contributed by atoms with van der Waals surface area (Å²) in [5.41, 5.74) is 7.40. The van der Waals surface area contributed by atoms with Crippen LogP contribution in [0.5, 0.6) is 5.75 Å². The van der Waals surface area contributed by atoms with Crippen molar-refractivity contribution in [1.82, 2.24) is 5.32 Å². The first-order valence-electron chi connectivity index (χ1n) is 6.03. The summed E-state index contributed by atoms with van der Waals surface area (Å²) in [6.45, 7) is 2.07. The van der Waals surface area contributed by atoms with E-state index < -0.39 is 0 Å². The molecule has 2 heterocycles. The van der Waals surface area contributed by atoms with Gasteiger partial charge in [-0.05, 0) is 32.0 Å². The highest BCUT2D eigenvalue weighted by atomic mass is 16.5. The maximum atomic E-state index is 6.25. The maximum absolute atomic E-state index is 6.25. The average molecular weight is 218 g/mol. The zero-order chi connectivity index (χ0) is 11.0. The van der Waals surface area contributed by atoms with Gasteiger partial charge in [-0.15, -0.1) is 0 Å². The number of para-hydroxylation sites is 1. The molecule has 16 heavy (non-hydrogen) atoms. The van der Waals surface area contributed by atoms with Crippen molar-refractivity contribution in [3.8, 4) is 5.75 Å². The standard InChI is InChI=1S/C13H18N2O/c14-11-9-13(5-7-15-8-6-13)16-12-4-2-1-3-10(11)12/h1-4,11,15H,5-9,14H2/t11-/m0/s1.